The highest BCUT2D eigenvalue weighted by Gasteiger charge is 2.15. The highest BCUT2D eigenvalue weighted by molar-refractivity contribution is 5.86. The summed E-state index contributed by atoms with van der Waals surface area (Å²) in [6.45, 7) is 4.95. The Morgan fingerprint density at radius 1 is 1.00 bits per heavy atom. The molecule has 0 atom stereocenters. The van der Waals surface area contributed by atoms with Gasteiger partial charge in [-0.15, -0.1) is 0 Å². The lowest BCUT2D eigenvalue weighted by Crippen LogP contribution is -1.98. The predicted octanol–water partition coefficient (Wildman–Crippen LogP) is 3.99. The average Bonchev–Trinajstić information content (AvgIpc) is 2.85. The van der Waals surface area contributed by atoms with E-state index in [0.29, 0.717) is 5.57 Å². The highest BCUT2D eigenvalue weighted by atomic mass is 16.5. The van der Waals surface area contributed by atoms with Crippen LogP contribution in [0.2, 0.25) is 0 Å². The third kappa shape index (κ3) is 2.97. The SMILES string of the molecule is C=C(C)C(=O)OC.c1ccc2c(c1)Cc1ccccc1-2. The smallest absolute Gasteiger partial charge is 0.332 e. The zero-order valence-corrected chi connectivity index (χ0v) is 11.8. The molecule has 0 unspecified atom stereocenters. The molecule has 2 aromatic carbocycles. The Kier molecular flexibility index (Phi) is 4.36. The van der Waals surface area contributed by atoms with E-state index in [1.165, 1.54) is 29.4 Å². The standard InChI is InChI=1S/C13H10.C5H8O2/c1-3-7-12-10(5-1)9-11-6-2-4-8-13(11)12;1-4(2)5(6)7-3/h1-8H,9H2;1H2,2-3H3. The van der Waals surface area contributed by atoms with E-state index in [0.717, 1.165) is 6.42 Å². The predicted molar refractivity (Wildman–Crippen MR) is 81.5 cm³/mol. The van der Waals surface area contributed by atoms with Gasteiger partial charge in [-0.3, -0.25) is 0 Å². The fourth-order valence-electron chi connectivity index (χ4n) is 2.25. The molecule has 102 valence electrons. The van der Waals surface area contributed by atoms with E-state index in [1.807, 2.05) is 0 Å². The lowest BCUT2D eigenvalue weighted by molar-refractivity contribution is -0.136. The zero-order valence-electron chi connectivity index (χ0n) is 11.8. The summed E-state index contributed by atoms with van der Waals surface area (Å²) in [5.74, 6) is -0.347. The monoisotopic (exact) mass is 266 g/mol. The maximum Gasteiger partial charge on any atom is 0.332 e. The van der Waals surface area contributed by atoms with Gasteiger partial charge in [0, 0.05) is 5.57 Å². The van der Waals surface area contributed by atoms with E-state index < -0.39 is 0 Å². The molecule has 2 heteroatoms. The summed E-state index contributed by atoms with van der Waals surface area (Å²) in [7, 11) is 1.33. The molecule has 1 aliphatic rings. The van der Waals surface area contributed by atoms with Crippen molar-refractivity contribution in [1.82, 2.24) is 0 Å². The molecular formula is C18H18O2. The Morgan fingerprint density at radius 3 is 1.80 bits per heavy atom. The summed E-state index contributed by atoms with van der Waals surface area (Å²) >= 11 is 0. The quantitative estimate of drug-likeness (QED) is 0.491. The van der Waals surface area contributed by atoms with Gasteiger partial charge in [-0.05, 0) is 35.6 Å². The Balaban J connectivity index is 0.000000182. The van der Waals surface area contributed by atoms with Crippen molar-refractivity contribution in [3.63, 3.8) is 0 Å². The number of methoxy groups -OCH3 is 1. The van der Waals surface area contributed by atoms with Gasteiger partial charge in [0.15, 0.2) is 0 Å². The first-order valence-electron chi connectivity index (χ1n) is 6.53. The van der Waals surface area contributed by atoms with Crippen molar-refractivity contribution in [2.24, 2.45) is 0 Å². The van der Waals surface area contributed by atoms with Crippen molar-refractivity contribution >= 4 is 5.97 Å². The van der Waals surface area contributed by atoms with Gasteiger partial charge in [-0.25, -0.2) is 4.79 Å². The molecule has 0 amide bonds. The Labute approximate surface area is 119 Å². The first-order valence-corrected chi connectivity index (χ1v) is 6.53. The molecule has 3 rings (SSSR count). The Hall–Kier alpha value is -2.35. The lowest BCUT2D eigenvalue weighted by atomic mass is 10.1. The van der Waals surface area contributed by atoms with E-state index in [-0.39, 0.29) is 5.97 Å². The molecule has 0 spiro atoms. The van der Waals surface area contributed by atoms with Gasteiger partial charge in [0.2, 0.25) is 0 Å². The summed E-state index contributed by atoms with van der Waals surface area (Å²) in [5.41, 5.74) is 6.19. The van der Waals surface area contributed by atoms with Crippen LogP contribution < -0.4 is 0 Å². The largest absolute Gasteiger partial charge is 0.466 e. The molecule has 0 bridgehead atoms. The molecule has 0 saturated carbocycles. The number of rotatable bonds is 1. The minimum absolute atomic E-state index is 0.347. The second-order valence-corrected chi connectivity index (χ2v) is 4.76. The van der Waals surface area contributed by atoms with Crippen molar-refractivity contribution < 1.29 is 9.53 Å². The van der Waals surface area contributed by atoms with E-state index in [9.17, 15) is 4.79 Å². The number of benzene rings is 2. The van der Waals surface area contributed by atoms with Crippen LogP contribution in [0, 0.1) is 0 Å². The van der Waals surface area contributed by atoms with E-state index in [2.05, 4.69) is 59.8 Å². The van der Waals surface area contributed by atoms with Crippen LogP contribution in [0.1, 0.15) is 18.1 Å². The second-order valence-electron chi connectivity index (χ2n) is 4.76. The number of carbonyl (C=O) groups is 1. The number of fused-ring (bicyclic) bond motifs is 3. The molecule has 2 aromatic rings. The van der Waals surface area contributed by atoms with Crippen molar-refractivity contribution in [3.8, 4) is 11.1 Å². The third-order valence-corrected chi connectivity index (χ3v) is 3.24. The molecule has 2 nitrogen and oxygen atoms in total. The Morgan fingerprint density at radius 2 is 1.45 bits per heavy atom. The van der Waals surface area contributed by atoms with Crippen LogP contribution in [0.25, 0.3) is 11.1 Å². The maximum absolute atomic E-state index is 10.2. The number of ether oxygens (including phenoxy) is 1. The number of hydrogen-bond donors (Lipinski definition) is 0. The Bertz CT molecular complexity index is 598. The van der Waals surface area contributed by atoms with Gasteiger partial charge in [0.25, 0.3) is 0 Å². The summed E-state index contributed by atoms with van der Waals surface area (Å²) in [4.78, 5) is 10.2. The molecule has 0 aromatic heterocycles. The number of carbonyl (C=O) groups excluding carboxylic acids is 1. The molecule has 0 N–H and O–H groups in total. The van der Waals surface area contributed by atoms with Gasteiger partial charge in [0.05, 0.1) is 7.11 Å². The van der Waals surface area contributed by atoms with Crippen LogP contribution >= 0.6 is 0 Å². The molecule has 1 aliphatic carbocycles. The van der Waals surface area contributed by atoms with E-state index >= 15 is 0 Å². The van der Waals surface area contributed by atoms with Crippen LogP contribution in [-0.4, -0.2) is 13.1 Å². The van der Waals surface area contributed by atoms with E-state index in [4.69, 9.17) is 0 Å². The molecule has 0 radical (unpaired) electrons. The summed E-state index contributed by atoms with van der Waals surface area (Å²) < 4.78 is 4.27. The first kappa shape index (κ1) is 14.1. The van der Waals surface area contributed by atoms with Crippen LogP contribution in [-0.2, 0) is 16.0 Å². The van der Waals surface area contributed by atoms with E-state index in [1.54, 1.807) is 6.92 Å². The number of hydrogen-bond acceptors (Lipinski definition) is 2. The molecule has 0 aliphatic heterocycles. The zero-order chi connectivity index (χ0) is 14.5. The average molecular weight is 266 g/mol. The van der Waals surface area contributed by atoms with Crippen molar-refractivity contribution in [1.29, 1.82) is 0 Å². The molecule has 20 heavy (non-hydrogen) atoms. The highest BCUT2D eigenvalue weighted by Crippen LogP contribution is 2.35. The summed E-state index contributed by atoms with van der Waals surface area (Å²) in [6.07, 6.45) is 1.10. The molecule has 0 saturated heterocycles. The van der Waals surface area contributed by atoms with Crippen molar-refractivity contribution in [2.75, 3.05) is 7.11 Å². The maximum atomic E-state index is 10.2. The fraction of sp³-hybridized carbons (Fsp3) is 0.167. The molecule has 0 fully saturated rings. The van der Waals surface area contributed by atoms with Gasteiger partial charge in [0.1, 0.15) is 0 Å². The van der Waals surface area contributed by atoms with Gasteiger partial charge in [-0.2, -0.15) is 0 Å². The van der Waals surface area contributed by atoms with Gasteiger partial charge >= 0.3 is 5.97 Å². The summed E-state index contributed by atoms with van der Waals surface area (Å²) in [5, 5.41) is 0. The van der Waals surface area contributed by atoms with Gasteiger partial charge < -0.3 is 4.74 Å². The van der Waals surface area contributed by atoms with Crippen LogP contribution in [0.3, 0.4) is 0 Å². The number of esters is 1. The minimum atomic E-state index is -0.347. The molecular weight excluding hydrogens is 248 g/mol. The van der Waals surface area contributed by atoms with Gasteiger partial charge in [-0.1, -0.05) is 55.1 Å². The topological polar surface area (TPSA) is 26.3 Å². The lowest BCUT2D eigenvalue weighted by Gasteiger charge is -1.98. The normalized spacial score (nSPS) is 10.7. The molecule has 0 heterocycles. The van der Waals surface area contributed by atoms with Crippen LogP contribution in [0.4, 0.5) is 0 Å². The van der Waals surface area contributed by atoms with Crippen LogP contribution in [0.5, 0.6) is 0 Å². The van der Waals surface area contributed by atoms with Crippen molar-refractivity contribution in [3.05, 3.63) is 71.8 Å². The first-order chi connectivity index (χ1) is 9.63. The van der Waals surface area contributed by atoms with Crippen molar-refractivity contribution in [2.45, 2.75) is 13.3 Å². The third-order valence-electron chi connectivity index (χ3n) is 3.24. The second kappa shape index (κ2) is 6.20. The minimum Gasteiger partial charge on any atom is -0.466 e. The fourth-order valence-corrected chi connectivity index (χ4v) is 2.25. The van der Waals surface area contributed by atoms with Crippen LogP contribution in [0.15, 0.2) is 60.7 Å². The summed E-state index contributed by atoms with van der Waals surface area (Å²) in [6, 6.07) is 17.3.